The number of guanidine groups is 1. The van der Waals surface area contributed by atoms with Crippen molar-refractivity contribution in [1.29, 1.82) is 0 Å². The monoisotopic (exact) mass is 818 g/mol. The second kappa shape index (κ2) is 25.1. The lowest BCUT2D eigenvalue weighted by molar-refractivity contribution is -0.140. The Morgan fingerprint density at radius 1 is 0.614 bits per heavy atom. The Labute approximate surface area is 326 Å². The molecule has 26 nitrogen and oxygen atoms in total. The maximum Gasteiger partial charge on any atom is 0.322 e. The minimum absolute atomic E-state index is 0.0419. The predicted octanol–water partition coefficient (Wildman–Crippen LogP) is -8.12. The maximum absolute atomic E-state index is 13.4. The summed E-state index contributed by atoms with van der Waals surface area (Å²) >= 11 is 0. The Morgan fingerprint density at radius 3 is 1.63 bits per heavy atom. The van der Waals surface area contributed by atoms with Gasteiger partial charge in [-0.05, 0) is 32.6 Å². The van der Waals surface area contributed by atoms with Crippen molar-refractivity contribution in [2.45, 2.75) is 102 Å². The largest absolute Gasteiger partial charge is 0.481 e. The number of aliphatic hydroxyl groups is 2. The van der Waals surface area contributed by atoms with E-state index in [1.165, 1.54) is 6.92 Å². The summed E-state index contributed by atoms with van der Waals surface area (Å²) in [6.45, 7) is 3.59. The molecule has 0 fully saturated rings. The number of hydrogen-bond donors (Lipinski definition) is 15. The van der Waals surface area contributed by atoms with E-state index in [1.54, 1.807) is 13.8 Å². The average molecular weight is 819 g/mol. The Morgan fingerprint density at radius 2 is 1.14 bits per heavy atom. The third kappa shape index (κ3) is 19.8. The van der Waals surface area contributed by atoms with E-state index in [0.29, 0.717) is 0 Å². The van der Waals surface area contributed by atoms with Crippen LogP contribution in [-0.4, -0.2) is 154 Å². The number of nitrogens with one attached hydrogen (secondary N) is 7. The molecule has 0 heterocycles. The van der Waals surface area contributed by atoms with Gasteiger partial charge in [-0.25, -0.2) is 0 Å². The standard InChI is InChI=1S/C31H54N12O14/c1-12(2)22(29(56)37-10-21(49)50)42-28(55)18(11-44)41-24(51)13(3)38-26(53)16(6-5-7-36-31(34)35)39-27(54)17(9-19(33)46)40-30(57)23(14(4)45)43-25(52)15(32)8-20(47)48/h12-18,22-23,44-45H,5-11,32H2,1-4H3,(H2,33,46)(H,37,56)(H,38,53)(H,39,54)(H,40,57)(H,41,51)(H,42,55)(H,43,52)(H,47,48)(H,49,50)(H4,34,35,36)/t13-,14+,15-,16-,17-,18-,22-,23-/m0/s1. The molecule has 0 aliphatic rings. The zero-order valence-corrected chi connectivity index (χ0v) is 31.8. The van der Waals surface area contributed by atoms with E-state index in [-0.39, 0.29) is 25.3 Å². The van der Waals surface area contributed by atoms with Gasteiger partial charge in [-0.15, -0.1) is 0 Å². The molecule has 0 saturated heterocycles. The van der Waals surface area contributed by atoms with Gasteiger partial charge < -0.3 is 80.6 Å². The zero-order chi connectivity index (χ0) is 44.2. The molecule has 0 rings (SSSR count). The predicted molar refractivity (Wildman–Crippen MR) is 195 cm³/mol. The van der Waals surface area contributed by atoms with Crippen LogP contribution in [0.5, 0.6) is 0 Å². The molecule has 0 aromatic rings. The fourth-order valence-corrected chi connectivity index (χ4v) is 4.59. The lowest BCUT2D eigenvalue weighted by Crippen LogP contribution is -2.61. The summed E-state index contributed by atoms with van der Waals surface area (Å²) in [5.74, 6) is -12.2. The van der Waals surface area contributed by atoms with Crippen molar-refractivity contribution in [3.63, 3.8) is 0 Å². The van der Waals surface area contributed by atoms with E-state index in [4.69, 9.17) is 33.1 Å². The molecule has 0 bridgehead atoms. The number of nitrogens with two attached hydrogens (primary N) is 4. The smallest absolute Gasteiger partial charge is 0.322 e. The molecule has 0 spiro atoms. The number of aliphatic imine (C=N–C) groups is 1. The van der Waals surface area contributed by atoms with Crippen LogP contribution in [0.3, 0.4) is 0 Å². The number of hydrogen-bond acceptors (Lipinski definition) is 14. The molecule has 19 N–H and O–H groups in total. The summed E-state index contributed by atoms with van der Waals surface area (Å²) in [7, 11) is 0. The van der Waals surface area contributed by atoms with Gasteiger partial charge in [0, 0.05) is 6.54 Å². The van der Waals surface area contributed by atoms with Crippen molar-refractivity contribution in [3.8, 4) is 0 Å². The highest BCUT2D eigenvalue weighted by Gasteiger charge is 2.35. The highest BCUT2D eigenvalue weighted by Crippen LogP contribution is 2.06. The van der Waals surface area contributed by atoms with Gasteiger partial charge in [-0.2, -0.15) is 0 Å². The van der Waals surface area contributed by atoms with E-state index in [2.05, 4.69) is 42.2 Å². The molecule has 0 radical (unpaired) electrons. The summed E-state index contributed by atoms with van der Waals surface area (Å²) in [6.07, 6.45) is -3.49. The molecule has 8 atom stereocenters. The van der Waals surface area contributed by atoms with Gasteiger partial charge in [0.1, 0.15) is 42.8 Å². The number of primary amides is 1. The van der Waals surface area contributed by atoms with E-state index >= 15 is 0 Å². The number of carboxylic acids is 2. The maximum atomic E-state index is 13.4. The molecule has 8 amide bonds. The number of rotatable bonds is 26. The second-order valence-electron chi connectivity index (χ2n) is 13.0. The molecule has 0 saturated carbocycles. The number of nitrogens with zero attached hydrogens (tertiary/aromatic N) is 1. The Bertz CT molecular complexity index is 1500. The number of carbonyl (C=O) groups is 10. The normalized spacial score (nSPS) is 15.0. The minimum atomic E-state index is -1.82. The van der Waals surface area contributed by atoms with E-state index < -0.39 is 140 Å². The third-order valence-electron chi connectivity index (χ3n) is 7.64. The quantitative estimate of drug-likeness (QED) is 0.0219. The topological polar surface area (TPSA) is 452 Å². The number of aliphatic carboxylic acids is 2. The van der Waals surface area contributed by atoms with E-state index in [1.807, 2.05) is 0 Å². The number of aliphatic hydroxyl groups excluding tert-OH is 2. The third-order valence-corrected chi connectivity index (χ3v) is 7.64. The van der Waals surface area contributed by atoms with Crippen LogP contribution in [0.1, 0.15) is 53.4 Å². The van der Waals surface area contributed by atoms with Gasteiger partial charge in [0.2, 0.25) is 47.3 Å². The van der Waals surface area contributed by atoms with Crippen LogP contribution < -0.4 is 60.2 Å². The molecule has 0 unspecified atom stereocenters. The fraction of sp³-hybridized carbons (Fsp3) is 0.645. The summed E-state index contributed by atoms with van der Waals surface area (Å²) in [5, 5.41) is 53.1. The van der Waals surface area contributed by atoms with Crippen LogP contribution in [-0.2, 0) is 47.9 Å². The molecule has 26 heteroatoms. The van der Waals surface area contributed by atoms with Crippen LogP contribution in [0.4, 0.5) is 0 Å². The molecular weight excluding hydrogens is 764 g/mol. The van der Waals surface area contributed by atoms with Crippen molar-refractivity contribution >= 4 is 65.2 Å². The molecule has 0 aromatic heterocycles. The summed E-state index contributed by atoms with van der Waals surface area (Å²) in [4.78, 5) is 128. The van der Waals surface area contributed by atoms with Gasteiger partial charge in [0.25, 0.3) is 0 Å². The Kier molecular flexibility index (Phi) is 22.4. The molecule has 0 aromatic carbocycles. The van der Waals surface area contributed by atoms with Crippen LogP contribution >= 0.6 is 0 Å². The second-order valence-corrected chi connectivity index (χ2v) is 13.0. The number of carbonyl (C=O) groups excluding carboxylic acids is 8. The number of carboxylic acid groups (broad SMARTS) is 2. The van der Waals surface area contributed by atoms with E-state index in [9.17, 15) is 58.2 Å². The van der Waals surface area contributed by atoms with Crippen LogP contribution in [0.15, 0.2) is 4.99 Å². The van der Waals surface area contributed by atoms with Gasteiger partial charge >= 0.3 is 11.9 Å². The summed E-state index contributed by atoms with van der Waals surface area (Å²) in [5.41, 5.74) is 21.4. The van der Waals surface area contributed by atoms with E-state index in [0.717, 1.165) is 6.92 Å². The molecule has 0 aliphatic heterocycles. The highest BCUT2D eigenvalue weighted by molar-refractivity contribution is 5.98. The minimum Gasteiger partial charge on any atom is -0.481 e. The van der Waals surface area contributed by atoms with Crippen molar-refractivity contribution < 1.29 is 68.4 Å². The van der Waals surface area contributed by atoms with Crippen molar-refractivity contribution in [1.82, 2.24) is 37.2 Å². The molecule has 0 aliphatic carbocycles. The Balaban J connectivity index is 6.08. The zero-order valence-electron chi connectivity index (χ0n) is 31.8. The van der Waals surface area contributed by atoms with Gasteiger partial charge in [0.05, 0.1) is 31.6 Å². The van der Waals surface area contributed by atoms with Crippen LogP contribution in [0.25, 0.3) is 0 Å². The SMILES string of the molecule is CC(C)[C@H](NC(=O)[C@H](CO)NC(=O)[C@H](C)NC(=O)[C@H](CCCN=C(N)N)NC(=O)[C@H](CC(N)=O)NC(=O)[C@@H](NC(=O)[C@@H](N)CC(=O)O)[C@@H](C)O)C(=O)NCC(=O)O. The lowest BCUT2D eigenvalue weighted by atomic mass is 10.0. The van der Waals surface area contributed by atoms with Gasteiger partial charge in [-0.1, -0.05) is 13.8 Å². The van der Waals surface area contributed by atoms with Crippen molar-refractivity contribution in [2.24, 2.45) is 33.8 Å². The first-order valence-corrected chi connectivity index (χ1v) is 17.3. The van der Waals surface area contributed by atoms with Crippen molar-refractivity contribution in [3.05, 3.63) is 0 Å². The highest BCUT2D eigenvalue weighted by atomic mass is 16.4. The first-order chi connectivity index (χ1) is 26.4. The van der Waals surface area contributed by atoms with Crippen LogP contribution in [0, 0.1) is 5.92 Å². The van der Waals surface area contributed by atoms with Crippen molar-refractivity contribution in [2.75, 3.05) is 19.7 Å². The summed E-state index contributed by atoms with van der Waals surface area (Å²) < 4.78 is 0. The Hall–Kier alpha value is -6.15. The van der Waals surface area contributed by atoms with Gasteiger partial charge in [0.15, 0.2) is 5.96 Å². The first-order valence-electron chi connectivity index (χ1n) is 17.3. The lowest BCUT2D eigenvalue weighted by Gasteiger charge is -2.27. The number of amides is 8. The average Bonchev–Trinajstić information content (AvgIpc) is 3.09. The first kappa shape index (κ1) is 50.8. The van der Waals surface area contributed by atoms with Crippen LogP contribution in [0.2, 0.25) is 0 Å². The molecule has 57 heavy (non-hydrogen) atoms. The fourth-order valence-electron chi connectivity index (χ4n) is 4.59. The molecule has 322 valence electrons. The van der Waals surface area contributed by atoms with Gasteiger partial charge in [-0.3, -0.25) is 52.9 Å². The molecular formula is C31H54N12O14. The summed E-state index contributed by atoms with van der Waals surface area (Å²) in [6, 6.07) is -11.2.